The lowest BCUT2D eigenvalue weighted by Gasteiger charge is -2.08. The monoisotopic (exact) mass is 196 g/mol. The summed E-state index contributed by atoms with van der Waals surface area (Å²) in [5.74, 6) is -0.151. The highest BCUT2D eigenvalue weighted by Crippen LogP contribution is 2.22. The van der Waals surface area contributed by atoms with Crippen molar-refractivity contribution in [2.45, 2.75) is 6.42 Å². The van der Waals surface area contributed by atoms with Crippen LogP contribution in [0.25, 0.3) is 11.6 Å². The highest BCUT2D eigenvalue weighted by atomic mass is 16.1. The van der Waals surface area contributed by atoms with Crippen LogP contribution in [0.1, 0.15) is 6.42 Å². The normalized spacial score (nSPS) is 18.1. The zero-order valence-corrected chi connectivity index (χ0v) is 7.99. The van der Waals surface area contributed by atoms with E-state index in [-0.39, 0.29) is 18.0 Å². The van der Waals surface area contributed by atoms with Gasteiger partial charge in [0.1, 0.15) is 0 Å². The number of Topliss-reactive ketones (excluding diaryl/α,β-unsaturated/α-hetero) is 1. The number of carbonyl (C=O) groups is 2. The van der Waals surface area contributed by atoms with Crippen molar-refractivity contribution in [3.8, 4) is 0 Å². The Hall–Kier alpha value is -1.96. The molecule has 15 heavy (non-hydrogen) atoms. The van der Waals surface area contributed by atoms with E-state index >= 15 is 0 Å². The van der Waals surface area contributed by atoms with Crippen LogP contribution < -0.4 is 10.4 Å². The number of allylic oxidation sites excluding steroid dienone is 2. The second-order valence-corrected chi connectivity index (χ2v) is 3.77. The Morgan fingerprint density at radius 2 is 1.80 bits per heavy atom. The van der Waals surface area contributed by atoms with E-state index in [1.54, 1.807) is 6.08 Å². The Bertz CT molecular complexity index is 633. The van der Waals surface area contributed by atoms with Crippen LogP contribution in [0.4, 0.5) is 0 Å². The van der Waals surface area contributed by atoms with Gasteiger partial charge in [0.25, 0.3) is 0 Å². The number of hydrogen-bond donors (Lipinski definition) is 0. The highest BCUT2D eigenvalue weighted by molar-refractivity contribution is 6.33. The first kappa shape index (κ1) is 8.36. The van der Waals surface area contributed by atoms with Gasteiger partial charge in [-0.15, -0.1) is 0 Å². The van der Waals surface area contributed by atoms with Crippen LogP contribution in [-0.2, 0) is 9.59 Å². The minimum absolute atomic E-state index is 0.0149. The zero-order valence-electron chi connectivity index (χ0n) is 7.99. The van der Waals surface area contributed by atoms with Gasteiger partial charge in [-0.2, -0.15) is 0 Å². The molecule has 0 saturated heterocycles. The van der Waals surface area contributed by atoms with Gasteiger partial charge in [-0.3, -0.25) is 9.59 Å². The molecule has 2 nitrogen and oxygen atoms in total. The van der Waals surface area contributed by atoms with Gasteiger partial charge in [0.2, 0.25) is 0 Å². The fraction of sp³-hybridized carbons (Fsp3) is 0.0769. The SMILES string of the molecule is O=C1C=C2C=c3ccccc3=C2C(=O)C1. The first-order valence-corrected chi connectivity index (χ1v) is 4.85. The summed E-state index contributed by atoms with van der Waals surface area (Å²) in [7, 11) is 0. The van der Waals surface area contributed by atoms with Crippen molar-refractivity contribution < 1.29 is 9.59 Å². The quantitative estimate of drug-likeness (QED) is 0.551. The largest absolute Gasteiger partial charge is 0.294 e. The van der Waals surface area contributed by atoms with Crippen LogP contribution in [0.5, 0.6) is 0 Å². The van der Waals surface area contributed by atoms with Gasteiger partial charge in [-0.1, -0.05) is 24.3 Å². The molecule has 0 fully saturated rings. The molecule has 0 heterocycles. The first-order chi connectivity index (χ1) is 7.25. The van der Waals surface area contributed by atoms with E-state index in [0.717, 1.165) is 16.0 Å². The summed E-state index contributed by atoms with van der Waals surface area (Å²) in [4.78, 5) is 23.0. The molecule has 2 heteroatoms. The van der Waals surface area contributed by atoms with E-state index in [9.17, 15) is 9.59 Å². The van der Waals surface area contributed by atoms with Crippen LogP contribution in [0.15, 0.2) is 35.9 Å². The van der Waals surface area contributed by atoms with Crippen LogP contribution in [-0.4, -0.2) is 11.6 Å². The van der Waals surface area contributed by atoms with Crippen LogP contribution >= 0.6 is 0 Å². The van der Waals surface area contributed by atoms with Crippen LogP contribution in [0, 0.1) is 0 Å². The zero-order chi connectivity index (χ0) is 10.4. The number of carbonyl (C=O) groups excluding carboxylic acids is 2. The van der Waals surface area contributed by atoms with Crippen molar-refractivity contribution in [2.75, 3.05) is 0 Å². The first-order valence-electron chi connectivity index (χ1n) is 4.85. The molecule has 0 amide bonds. The maximum absolute atomic E-state index is 11.7. The van der Waals surface area contributed by atoms with Crippen molar-refractivity contribution in [2.24, 2.45) is 0 Å². The van der Waals surface area contributed by atoms with Crippen molar-refractivity contribution in [3.05, 3.63) is 46.4 Å². The van der Waals surface area contributed by atoms with Crippen LogP contribution in [0.2, 0.25) is 0 Å². The fourth-order valence-electron chi connectivity index (χ4n) is 2.14. The molecule has 0 aliphatic heterocycles. The lowest BCUT2D eigenvalue weighted by Crippen LogP contribution is -2.26. The van der Waals surface area contributed by atoms with Crippen molar-refractivity contribution in [1.29, 1.82) is 0 Å². The number of benzene rings is 1. The molecule has 0 unspecified atom stereocenters. The molecule has 0 radical (unpaired) electrons. The number of fused-ring (bicyclic) bond motifs is 2. The van der Waals surface area contributed by atoms with Gasteiger partial charge >= 0.3 is 0 Å². The lowest BCUT2D eigenvalue weighted by atomic mass is 9.93. The van der Waals surface area contributed by atoms with Crippen molar-refractivity contribution in [3.63, 3.8) is 0 Å². The third kappa shape index (κ3) is 1.11. The van der Waals surface area contributed by atoms with Gasteiger partial charge in [0, 0.05) is 5.57 Å². The summed E-state index contributed by atoms with van der Waals surface area (Å²) >= 11 is 0. The Morgan fingerprint density at radius 1 is 1.00 bits per heavy atom. The second kappa shape index (κ2) is 2.76. The lowest BCUT2D eigenvalue weighted by molar-refractivity contribution is -0.121. The van der Waals surface area contributed by atoms with Crippen LogP contribution in [0.3, 0.4) is 0 Å². The molecular weight excluding hydrogens is 188 g/mol. The van der Waals surface area contributed by atoms with Crippen molar-refractivity contribution in [1.82, 2.24) is 0 Å². The Morgan fingerprint density at radius 3 is 2.67 bits per heavy atom. The predicted octanol–water partition coefficient (Wildman–Crippen LogP) is 0.0997. The van der Waals surface area contributed by atoms with E-state index in [2.05, 4.69) is 0 Å². The van der Waals surface area contributed by atoms with E-state index in [1.807, 2.05) is 30.3 Å². The van der Waals surface area contributed by atoms with Gasteiger partial charge in [0.15, 0.2) is 11.6 Å². The molecule has 0 N–H and O–H groups in total. The molecular formula is C13H8O2. The summed E-state index contributed by atoms with van der Waals surface area (Å²) in [6.07, 6.45) is 3.48. The van der Waals surface area contributed by atoms with Crippen molar-refractivity contribution >= 4 is 23.2 Å². The predicted molar refractivity (Wildman–Crippen MR) is 56.3 cm³/mol. The second-order valence-electron chi connectivity index (χ2n) is 3.77. The van der Waals surface area contributed by atoms with Gasteiger partial charge in [0.05, 0.1) is 6.42 Å². The molecule has 0 aromatic heterocycles. The molecule has 1 aromatic carbocycles. The van der Waals surface area contributed by atoms with E-state index < -0.39 is 0 Å². The molecule has 72 valence electrons. The summed E-state index contributed by atoms with van der Waals surface area (Å²) in [5.41, 5.74) is 1.49. The standard InChI is InChI=1S/C13H8O2/c14-10-6-9-5-8-3-1-2-4-11(8)13(9)12(15)7-10/h1-6H,7H2. The number of hydrogen-bond acceptors (Lipinski definition) is 2. The molecule has 0 saturated carbocycles. The maximum Gasteiger partial charge on any atom is 0.171 e. The highest BCUT2D eigenvalue weighted by Gasteiger charge is 2.25. The summed E-state index contributed by atoms with van der Waals surface area (Å²) in [5, 5.41) is 1.99. The summed E-state index contributed by atoms with van der Waals surface area (Å²) in [6, 6.07) is 7.72. The smallest absolute Gasteiger partial charge is 0.171 e. The van der Waals surface area contributed by atoms with E-state index in [4.69, 9.17) is 0 Å². The Balaban J connectivity index is 2.46. The Labute approximate surface area is 86.2 Å². The summed E-state index contributed by atoms with van der Waals surface area (Å²) < 4.78 is 0. The third-order valence-corrected chi connectivity index (χ3v) is 2.76. The van der Waals surface area contributed by atoms with E-state index in [0.29, 0.717) is 5.57 Å². The molecule has 1 aromatic rings. The molecule has 2 aliphatic carbocycles. The molecule has 0 bridgehead atoms. The minimum Gasteiger partial charge on any atom is -0.294 e. The topological polar surface area (TPSA) is 34.1 Å². The average Bonchev–Trinajstić information content (AvgIpc) is 2.54. The number of rotatable bonds is 0. The average molecular weight is 196 g/mol. The third-order valence-electron chi connectivity index (χ3n) is 2.76. The molecule has 2 aliphatic rings. The van der Waals surface area contributed by atoms with Gasteiger partial charge in [-0.05, 0) is 28.2 Å². The minimum atomic E-state index is -0.0946. The van der Waals surface area contributed by atoms with Gasteiger partial charge < -0.3 is 0 Å². The summed E-state index contributed by atoms with van der Waals surface area (Å²) in [6.45, 7) is 0. The van der Waals surface area contributed by atoms with Gasteiger partial charge in [-0.25, -0.2) is 0 Å². The maximum atomic E-state index is 11.7. The molecule has 3 rings (SSSR count). The molecule has 0 spiro atoms. The van der Waals surface area contributed by atoms with E-state index in [1.165, 1.54) is 0 Å². The Kier molecular flexibility index (Phi) is 1.54. The number of ketones is 2. The molecule has 0 atom stereocenters. The fourth-order valence-corrected chi connectivity index (χ4v) is 2.14.